The van der Waals surface area contributed by atoms with E-state index in [0.717, 1.165) is 16.8 Å². The minimum Gasteiger partial charge on any atom is -0.550 e. The van der Waals surface area contributed by atoms with E-state index in [0.29, 0.717) is 40.9 Å². The number of rotatable bonds is 5. The van der Waals surface area contributed by atoms with Crippen LogP contribution in [0.2, 0.25) is 5.02 Å². The van der Waals surface area contributed by atoms with Crippen LogP contribution < -0.4 is 34.7 Å². The predicted octanol–water partition coefficient (Wildman–Crippen LogP) is 0.858. The molecule has 0 saturated heterocycles. The quantitative estimate of drug-likeness (QED) is 0.453. The smallest absolute Gasteiger partial charge is 0.550 e. The van der Waals surface area contributed by atoms with Gasteiger partial charge in [0.1, 0.15) is 5.82 Å². The summed E-state index contributed by atoms with van der Waals surface area (Å²) in [6.45, 7) is 1.86. The summed E-state index contributed by atoms with van der Waals surface area (Å²) in [5, 5.41) is 12.6. The second kappa shape index (κ2) is 8.60. The number of hydrogen-bond donors (Lipinski definition) is 0. The number of carbonyl (C=O) groups is 2. The molecule has 1 heterocycles. The SMILES string of the molecule is CC(=O)c1cc(F)cc2c3c(n(Cc4ccc(Cl)cc4)c12)[C@@H](CC(=O)[O-])CC3.[Na+]. The van der Waals surface area contributed by atoms with Crippen molar-refractivity contribution in [3.8, 4) is 0 Å². The van der Waals surface area contributed by atoms with Crippen LogP contribution in [-0.2, 0) is 17.8 Å². The molecule has 144 valence electrons. The van der Waals surface area contributed by atoms with Crippen LogP contribution in [0.4, 0.5) is 4.39 Å². The molecular formula is C22H18ClFNNaO3. The van der Waals surface area contributed by atoms with E-state index in [1.165, 1.54) is 19.1 Å². The minimum absolute atomic E-state index is 0. The molecule has 1 aliphatic rings. The largest absolute Gasteiger partial charge is 1.00 e. The van der Waals surface area contributed by atoms with Crippen LogP contribution in [-0.4, -0.2) is 16.3 Å². The van der Waals surface area contributed by atoms with E-state index in [4.69, 9.17) is 11.6 Å². The number of halogens is 2. The monoisotopic (exact) mass is 421 g/mol. The molecule has 3 aromatic rings. The zero-order chi connectivity index (χ0) is 20.0. The molecule has 0 N–H and O–H groups in total. The van der Waals surface area contributed by atoms with Gasteiger partial charge in [0.15, 0.2) is 5.78 Å². The summed E-state index contributed by atoms with van der Waals surface area (Å²) in [5.41, 5.74) is 3.73. The van der Waals surface area contributed by atoms with Crippen LogP contribution in [0.3, 0.4) is 0 Å². The maximum atomic E-state index is 14.2. The van der Waals surface area contributed by atoms with Gasteiger partial charge in [-0.1, -0.05) is 23.7 Å². The number of aryl methyl sites for hydroxylation is 1. The number of aliphatic carboxylic acids is 1. The predicted molar refractivity (Wildman–Crippen MR) is 103 cm³/mol. The first-order valence-electron chi connectivity index (χ1n) is 9.15. The molecular weight excluding hydrogens is 404 g/mol. The van der Waals surface area contributed by atoms with Crippen molar-refractivity contribution < 1.29 is 48.6 Å². The molecule has 0 radical (unpaired) electrons. The molecule has 0 aliphatic heterocycles. The number of carboxylic acids is 1. The molecule has 7 heteroatoms. The third-order valence-electron chi connectivity index (χ3n) is 5.45. The molecule has 29 heavy (non-hydrogen) atoms. The molecule has 1 aromatic heterocycles. The van der Waals surface area contributed by atoms with Gasteiger partial charge in [0, 0.05) is 40.1 Å². The zero-order valence-corrected chi connectivity index (χ0v) is 19.1. The zero-order valence-electron chi connectivity index (χ0n) is 16.3. The molecule has 0 bridgehead atoms. The van der Waals surface area contributed by atoms with Gasteiger partial charge in [-0.25, -0.2) is 4.39 Å². The Morgan fingerprint density at radius 1 is 1.24 bits per heavy atom. The van der Waals surface area contributed by atoms with E-state index < -0.39 is 11.8 Å². The molecule has 0 saturated carbocycles. The van der Waals surface area contributed by atoms with Gasteiger partial charge in [-0.2, -0.15) is 0 Å². The molecule has 0 unspecified atom stereocenters. The average Bonchev–Trinajstić information content (AvgIpc) is 3.16. The number of carboxylic acid groups (broad SMARTS) is 1. The summed E-state index contributed by atoms with van der Waals surface area (Å²) in [6, 6.07) is 10.0. The van der Waals surface area contributed by atoms with Crippen molar-refractivity contribution in [2.24, 2.45) is 0 Å². The van der Waals surface area contributed by atoms with Gasteiger partial charge in [-0.15, -0.1) is 0 Å². The van der Waals surface area contributed by atoms with E-state index in [9.17, 15) is 19.1 Å². The molecule has 1 aliphatic carbocycles. The van der Waals surface area contributed by atoms with Crippen LogP contribution in [0, 0.1) is 5.82 Å². The Bertz CT molecular complexity index is 1110. The van der Waals surface area contributed by atoms with Crippen LogP contribution in [0.5, 0.6) is 0 Å². The van der Waals surface area contributed by atoms with Gasteiger partial charge >= 0.3 is 29.6 Å². The second-order valence-corrected chi connectivity index (χ2v) is 7.73. The number of aromatic nitrogens is 1. The maximum absolute atomic E-state index is 14.2. The van der Waals surface area contributed by atoms with Gasteiger partial charge in [-0.3, -0.25) is 4.79 Å². The molecule has 0 spiro atoms. The van der Waals surface area contributed by atoms with Gasteiger partial charge in [-0.05, 0) is 61.6 Å². The van der Waals surface area contributed by atoms with Crippen LogP contribution in [0.15, 0.2) is 36.4 Å². The van der Waals surface area contributed by atoms with E-state index in [-0.39, 0.29) is 47.7 Å². The molecule has 1 atom stereocenters. The summed E-state index contributed by atoms with van der Waals surface area (Å²) in [6.07, 6.45) is 1.22. The minimum atomic E-state index is -1.11. The summed E-state index contributed by atoms with van der Waals surface area (Å²) >= 11 is 5.98. The number of benzene rings is 2. The molecule has 0 amide bonds. The first-order valence-corrected chi connectivity index (χ1v) is 9.52. The molecule has 4 rings (SSSR count). The number of carbonyl (C=O) groups excluding carboxylic acids is 2. The normalized spacial score (nSPS) is 15.2. The van der Waals surface area contributed by atoms with Crippen molar-refractivity contribution in [3.63, 3.8) is 0 Å². The number of fused-ring (bicyclic) bond motifs is 3. The van der Waals surface area contributed by atoms with Crippen LogP contribution >= 0.6 is 11.6 Å². The molecule has 4 nitrogen and oxygen atoms in total. The summed E-state index contributed by atoms with van der Waals surface area (Å²) in [7, 11) is 0. The Labute approximate surface area is 195 Å². The fraction of sp³-hybridized carbons (Fsp3) is 0.273. The third kappa shape index (κ3) is 4.15. The number of hydrogen-bond acceptors (Lipinski definition) is 3. The Morgan fingerprint density at radius 2 is 1.93 bits per heavy atom. The molecule has 2 aromatic carbocycles. The van der Waals surface area contributed by atoms with E-state index in [1.54, 1.807) is 12.1 Å². The molecule has 0 fully saturated rings. The van der Waals surface area contributed by atoms with Gasteiger partial charge in [0.25, 0.3) is 0 Å². The maximum Gasteiger partial charge on any atom is 1.00 e. The summed E-state index contributed by atoms with van der Waals surface area (Å²) < 4.78 is 16.2. The summed E-state index contributed by atoms with van der Waals surface area (Å²) in [5.74, 6) is -2.02. The van der Waals surface area contributed by atoms with Crippen molar-refractivity contribution in [2.75, 3.05) is 0 Å². The number of Topliss-reactive ketones (excluding diaryl/α,β-unsaturated/α-hetero) is 1. The van der Waals surface area contributed by atoms with Crippen LogP contribution in [0.1, 0.15) is 52.9 Å². The Hall–Kier alpha value is -1.66. The number of ketones is 1. The fourth-order valence-electron chi connectivity index (χ4n) is 4.33. The van der Waals surface area contributed by atoms with Crippen LogP contribution in [0.25, 0.3) is 10.9 Å². The van der Waals surface area contributed by atoms with Gasteiger partial charge in [0.2, 0.25) is 0 Å². The second-order valence-electron chi connectivity index (χ2n) is 7.29. The van der Waals surface area contributed by atoms with Crippen molar-refractivity contribution in [2.45, 2.75) is 38.6 Å². The van der Waals surface area contributed by atoms with Crippen molar-refractivity contribution in [1.29, 1.82) is 0 Å². The Balaban J connectivity index is 0.00000240. The fourth-order valence-corrected chi connectivity index (χ4v) is 4.46. The first-order chi connectivity index (χ1) is 13.3. The first kappa shape index (κ1) is 22.0. The Morgan fingerprint density at radius 3 is 2.55 bits per heavy atom. The van der Waals surface area contributed by atoms with Crippen molar-refractivity contribution in [3.05, 3.63) is 69.6 Å². The van der Waals surface area contributed by atoms with Crippen molar-refractivity contribution in [1.82, 2.24) is 4.57 Å². The van der Waals surface area contributed by atoms with E-state index in [2.05, 4.69) is 0 Å². The van der Waals surface area contributed by atoms with Crippen molar-refractivity contribution >= 4 is 34.3 Å². The summed E-state index contributed by atoms with van der Waals surface area (Å²) in [4.78, 5) is 23.5. The average molecular weight is 422 g/mol. The topological polar surface area (TPSA) is 62.1 Å². The standard InChI is InChI=1S/C22H19ClFNO3.Na/c1-12(26)18-9-16(24)10-19-17-7-4-14(8-20(27)28)21(17)25(22(18)19)11-13-2-5-15(23)6-3-13;/h2-3,5-6,9-10,14H,4,7-8,11H2,1H3,(H,27,28);/q;+1/p-1/t14-;/m1./s1. The van der Waals surface area contributed by atoms with Gasteiger partial charge in [0.05, 0.1) is 5.52 Å². The van der Waals surface area contributed by atoms with E-state index in [1.807, 2.05) is 16.7 Å². The Kier molecular flexibility index (Phi) is 6.54. The van der Waals surface area contributed by atoms with E-state index >= 15 is 0 Å². The number of nitrogens with zero attached hydrogens (tertiary/aromatic N) is 1. The van der Waals surface area contributed by atoms with Gasteiger partial charge < -0.3 is 14.5 Å². The third-order valence-corrected chi connectivity index (χ3v) is 5.70.